The van der Waals surface area contributed by atoms with Gasteiger partial charge in [-0.05, 0) is 19.8 Å². The van der Waals surface area contributed by atoms with Gasteiger partial charge in [0.1, 0.15) is 0 Å². The van der Waals surface area contributed by atoms with Crippen LogP contribution in [-0.4, -0.2) is 44.4 Å². The number of rotatable bonds is 5. The highest BCUT2D eigenvalue weighted by Gasteiger charge is 2.34. The molecule has 1 saturated carbocycles. The molecule has 1 atom stereocenters. The summed E-state index contributed by atoms with van der Waals surface area (Å²) in [5.74, 6) is 0.316. The van der Waals surface area contributed by atoms with Gasteiger partial charge in [0.2, 0.25) is 5.91 Å². The molecule has 2 fully saturated rings. The summed E-state index contributed by atoms with van der Waals surface area (Å²) in [6.45, 7) is 4.36. The van der Waals surface area contributed by atoms with E-state index >= 15 is 0 Å². The minimum atomic E-state index is 0.256. The van der Waals surface area contributed by atoms with Gasteiger partial charge in [0.05, 0.1) is 18.4 Å². The normalized spacial score (nSPS) is 24.0. The summed E-state index contributed by atoms with van der Waals surface area (Å²) in [5, 5.41) is 12.0. The van der Waals surface area contributed by atoms with E-state index in [0.29, 0.717) is 24.9 Å². The monoisotopic (exact) mass is 291 g/mol. The van der Waals surface area contributed by atoms with Gasteiger partial charge in [0.15, 0.2) is 0 Å². The molecule has 1 saturated heterocycles. The van der Waals surface area contributed by atoms with Crippen LogP contribution in [0, 0.1) is 0 Å². The van der Waals surface area contributed by atoms with Crippen molar-refractivity contribution in [2.45, 2.75) is 70.6 Å². The van der Waals surface area contributed by atoms with Gasteiger partial charge in [-0.25, -0.2) is 0 Å². The lowest BCUT2D eigenvalue weighted by Crippen LogP contribution is -2.40. The van der Waals surface area contributed by atoms with Crippen molar-refractivity contribution in [1.82, 2.24) is 25.2 Å². The fourth-order valence-corrected chi connectivity index (χ4v) is 3.43. The molecule has 6 heteroatoms. The summed E-state index contributed by atoms with van der Waals surface area (Å²) in [6, 6.07) is 0.741. The van der Waals surface area contributed by atoms with Crippen LogP contribution >= 0.6 is 0 Å². The van der Waals surface area contributed by atoms with E-state index in [2.05, 4.69) is 20.4 Å². The van der Waals surface area contributed by atoms with Crippen molar-refractivity contribution in [2.24, 2.45) is 0 Å². The molecule has 1 amide bonds. The topological polar surface area (TPSA) is 63.1 Å². The lowest BCUT2D eigenvalue weighted by atomic mass is 9.94. The Balaban J connectivity index is 1.50. The van der Waals surface area contributed by atoms with Crippen LogP contribution in [0.1, 0.15) is 51.1 Å². The standard InChI is InChI=1S/C15H25N5O/c1-2-20-17-10-13(18-20)9-16-12-8-15(21)19(11-12)14-6-4-3-5-7-14/h10,12,14,16H,2-9,11H2,1H3. The average Bonchev–Trinajstić information content (AvgIpc) is 3.12. The van der Waals surface area contributed by atoms with Crippen LogP contribution in [0.4, 0.5) is 0 Å². The number of aromatic nitrogens is 3. The molecule has 1 N–H and O–H groups in total. The SMILES string of the molecule is CCn1ncc(CNC2CC(=O)N(C3CCCCC3)C2)n1. The van der Waals surface area contributed by atoms with Crippen LogP contribution in [0.25, 0.3) is 0 Å². The Labute approximate surface area is 125 Å². The molecule has 21 heavy (non-hydrogen) atoms. The minimum absolute atomic E-state index is 0.256. The van der Waals surface area contributed by atoms with Gasteiger partial charge in [0.25, 0.3) is 0 Å². The van der Waals surface area contributed by atoms with Crippen LogP contribution < -0.4 is 5.32 Å². The van der Waals surface area contributed by atoms with Crippen molar-refractivity contribution in [2.75, 3.05) is 6.54 Å². The Morgan fingerprint density at radius 3 is 2.86 bits per heavy atom. The molecule has 1 aliphatic heterocycles. The molecule has 2 aliphatic rings. The summed E-state index contributed by atoms with van der Waals surface area (Å²) < 4.78 is 0. The second kappa shape index (κ2) is 6.56. The van der Waals surface area contributed by atoms with Gasteiger partial charge >= 0.3 is 0 Å². The Hall–Kier alpha value is -1.43. The van der Waals surface area contributed by atoms with Crippen LogP contribution in [-0.2, 0) is 17.9 Å². The predicted octanol–water partition coefficient (Wildman–Crippen LogP) is 1.32. The highest BCUT2D eigenvalue weighted by Crippen LogP contribution is 2.26. The minimum Gasteiger partial charge on any atom is -0.338 e. The summed E-state index contributed by atoms with van der Waals surface area (Å²) in [5.41, 5.74) is 0.945. The first-order chi connectivity index (χ1) is 10.3. The van der Waals surface area contributed by atoms with E-state index < -0.39 is 0 Å². The quantitative estimate of drug-likeness (QED) is 0.889. The Morgan fingerprint density at radius 1 is 1.33 bits per heavy atom. The average molecular weight is 291 g/mol. The molecule has 0 aromatic carbocycles. The van der Waals surface area contributed by atoms with E-state index in [-0.39, 0.29) is 6.04 Å². The second-order valence-electron chi connectivity index (χ2n) is 6.14. The molecule has 2 heterocycles. The smallest absolute Gasteiger partial charge is 0.224 e. The zero-order valence-corrected chi connectivity index (χ0v) is 12.8. The van der Waals surface area contributed by atoms with Crippen LogP contribution in [0.15, 0.2) is 6.20 Å². The van der Waals surface area contributed by atoms with Gasteiger partial charge in [-0.15, -0.1) is 0 Å². The van der Waals surface area contributed by atoms with E-state index in [0.717, 1.165) is 18.8 Å². The molecular formula is C15H25N5O. The largest absolute Gasteiger partial charge is 0.338 e. The fourth-order valence-electron chi connectivity index (χ4n) is 3.43. The number of nitrogens with one attached hydrogen (secondary N) is 1. The maximum atomic E-state index is 12.2. The summed E-state index contributed by atoms with van der Waals surface area (Å²) in [6.07, 6.45) is 8.66. The summed E-state index contributed by atoms with van der Waals surface area (Å²) in [4.78, 5) is 16.0. The van der Waals surface area contributed by atoms with E-state index in [9.17, 15) is 4.79 Å². The van der Waals surface area contributed by atoms with Crippen molar-refractivity contribution in [1.29, 1.82) is 0 Å². The molecule has 1 aromatic heterocycles. The fraction of sp³-hybridized carbons (Fsp3) is 0.800. The maximum Gasteiger partial charge on any atom is 0.224 e. The number of hydrogen-bond donors (Lipinski definition) is 1. The van der Waals surface area contributed by atoms with E-state index in [1.54, 1.807) is 11.0 Å². The molecule has 116 valence electrons. The van der Waals surface area contributed by atoms with Crippen LogP contribution in [0.3, 0.4) is 0 Å². The first kappa shape index (κ1) is 14.5. The first-order valence-corrected chi connectivity index (χ1v) is 8.18. The van der Waals surface area contributed by atoms with Gasteiger partial charge in [-0.2, -0.15) is 15.0 Å². The number of carbonyl (C=O) groups excluding carboxylic acids is 1. The highest BCUT2D eigenvalue weighted by atomic mass is 16.2. The summed E-state index contributed by atoms with van der Waals surface area (Å²) >= 11 is 0. The zero-order chi connectivity index (χ0) is 14.7. The van der Waals surface area contributed by atoms with Crippen molar-refractivity contribution in [3.05, 3.63) is 11.9 Å². The maximum absolute atomic E-state index is 12.2. The molecule has 0 bridgehead atoms. The third kappa shape index (κ3) is 3.43. The number of hydrogen-bond acceptors (Lipinski definition) is 4. The van der Waals surface area contributed by atoms with Crippen molar-refractivity contribution in [3.8, 4) is 0 Å². The lowest BCUT2D eigenvalue weighted by molar-refractivity contribution is -0.130. The van der Waals surface area contributed by atoms with Gasteiger partial charge in [-0.1, -0.05) is 19.3 Å². The van der Waals surface area contributed by atoms with Gasteiger partial charge in [0, 0.05) is 31.6 Å². The molecule has 0 radical (unpaired) electrons. The Bertz CT molecular complexity index is 480. The second-order valence-corrected chi connectivity index (χ2v) is 6.14. The number of likely N-dealkylation sites (tertiary alicyclic amines) is 1. The van der Waals surface area contributed by atoms with Crippen molar-refractivity contribution >= 4 is 5.91 Å². The van der Waals surface area contributed by atoms with Gasteiger partial charge in [-0.3, -0.25) is 4.79 Å². The molecular weight excluding hydrogens is 266 g/mol. The van der Waals surface area contributed by atoms with Gasteiger partial charge < -0.3 is 10.2 Å². The summed E-state index contributed by atoms with van der Waals surface area (Å²) in [7, 11) is 0. The molecule has 1 aromatic rings. The predicted molar refractivity (Wildman–Crippen MR) is 79.5 cm³/mol. The lowest BCUT2D eigenvalue weighted by Gasteiger charge is -2.31. The van der Waals surface area contributed by atoms with E-state index in [4.69, 9.17) is 0 Å². The third-order valence-corrected chi connectivity index (χ3v) is 4.61. The molecule has 0 spiro atoms. The Morgan fingerprint density at radius 2 is 2.14 bits per heavy atom. The molecule has 3 rings (SSSR count). The Kier molecular flexibility index (Phi) is 4.53. The van der Waals surface area contributed by atoms with E-state index in [1.165, 1.54) is 32.1 Å². The molecule has 1 unspecified atom stereocenters. The zero-order valence-electron chi connectivity index (χ0n) is 12.8. The number of aryl methyl sites for hydroxylation is 1. The van der Waals surface area contributed by atoms with E-state index in [1.807, 2.05) is 6.92 Å². The highest BCUT2D eigenvalue weighted by molar-refractivity contribution is 5.79. The number of nitrogens with zero attached hydrogens (tertiary/aromatic N) is 4. The first-order valence-electron chi connectivity index (χ1n) is 8.18. The number of amides is 1. The van der Waals surface area contributed by atoms with Crippen molar-refractivity contribution in [3.63, 3.8) is 0 Å². The van der Waals surface area contributed by atoms with Crippen LogP contribution in [0.5, 0.6) is 0 Å². The number of carbonyl (C=O) groups is 1. The van der Waals surface area contributed by atoms with Crippen LogP contribution in [0.2, 0.25) is 0 Å². The molecule has 6 nitrogen and oxygen atoms in total. The molecule has 1 aliphatic carbocycles. The van der Waals surface area contributed by atoms with Crippen molar-refractivity contribution < 1.29 is 4.79 Å². The third-order valence-electron chi connectivity index (χ3n) is 4.61.